The molecule has 0 spiro atoms. The molecular weight excluding hydrogens is 187 g/mol. The number of benzene rings is 1. The highest BCUT2D eigenvalue weighted by molar-refractivity contribution is 5.24. The molecule has 0 bridgehead atoms. The van der Waals surface area contributed by atoms with Gasteiger partial charge in [0.1, 0.15) is 5.82 Å². The quantitative estimate of drug-likeness (QED) is 0.659. The van der Waals surface area contributed by atoms with E-state index in [2.05, 4.69) is 20.8 Å². The first-order chi connectivity index (χ1) is 7.12. The van der Waals surface area contributed by atoms with Crippen LogP contribution < -0.4 is 0 Å². The minimum atomic E-state index is -0.144. The van der Waals surface area contributed by atoms with Gasteiger partial charge in [0.05, 0.1) is 0 Å². The van der Waals surface area contributed by atoms with Gasteiger partial charge in [0.15, 0.2) is 0 Å². The Kier molecular flexibility index (Phi) is 4.31. The fourth-order valence-electron chi connectivity index (χ4n) is 2.37. The third kappa shape index (κ3) is 3.05. The lowest BCUT2D eigenvalue weighted by molar-refractivity contribution is 0.391. The molecule has 0 fully saturated rings. The summed E-state index contributed by atoms with van der Waals surface area (Å²) >= 11 is 0. The molecule has 0 saturated heterocycles. The molecule has 0 aromatic heterocycles. The predicted molar refractivity (Wildman–Crippen MR) is 63.6 cm³/mol. The first-order valence-electron chi connectivity index (χ1n) is 5.88. The summed E-state index contributed by atoms with van der Waals surface area (Å²) in [5, 5.41) is 0. The molecule has 1 rings (SSSR count). The van der Waals surface area contributed by atoms with Gasteiger partial charge in [-0.25, -0.2) is 4.39 Å². The smallest absolute Gasteiger partial charge is 0.123 e. The van der Waals surface area contributed by atoms with Gasteiger partial charge in [0.25, 0.3) is 0 Å². The number of rotatable bonds is 5. The molecule has 0 aliphatic carbocycles. The van der Waals surface area contributed by atoms with Gasteiger partial charge in [0, 0.05) is 0 Å². The summed E-state index contributed by atoms with van der Waals surface area (Å²) in [6.45, 7) is 6.70. The van der Waals surface area contributed by atoms with E-state index in [0.29, 0.717) is 0 Å². The van der Waals surface area contributed by atoms with Crippen molar-refractivity contribution in [3.05, 3.63) is 35.6 Å². The summed E-state index contributed by atoms with van der Waals surface area (Å²) in [6.07, 6.45) is 4.70. The SMILES string of the molecule is CCCC(C)(CCC)c1ccc(F)cc1. The van der Waals surface area contributed by atoms with Gasteiger partial charge >= 0.3 is 0 Å². The van der Waals surface area contributed by atoms with Crippen molar-refractivity contribution in [3.63, 3.8) is 0 Å². The molecule has 0 heterocycles. The molecule has 15 heavy (non-hydrogen) atoms. The summed E-state index contributed by atoms with van der Waals surface area (Å²) in [4.78, 5) is 0. The van der Waals surface area contributed by atoms with E-state index in [-0.39, 0.29) is 11.2 Å². The van der Waals surface area contributed by atoms with Gasteiger partial charge in [-0.1, -0.05) is 45.7 Å². The normalized spacial score (nSPS) is 11.7. The molecule has 1 aromatic rings. The second-order valence-corrected chi connectivity index (χ2v) is 4.57. The zero-order valence-electron chi connectivity index (χ0n) is 10.0. The monoisotopic (exact) mass is 208 g/mol. The van der Waals surface area contributed by atoms with E-state index in [4.69, 9.17) is 0 Å². The Morgan fingerprint density at radius 1 is 1.00 bits per heavy atom. The van der Waals surface area contributed by atoms with E-state index in [1.54, 1.807) is 12.1 Å². The molecule has 0 aliphatic rings. The first kappa shape index (κ1) is 12.2. The summed E-state index contributed by atoms with van der Waals surface area (Å²) < 4.78 is 12.8. The van der Waals surface area contributed by atoms with Crippen LogP contribution in [0.25, 0.3) is 0 Å². The zero-order valence-corrected chi connectivity index (χ0v) is 10.0. The Hall–Kier alpha value is -0.850. The molecule has 0 nitrogen and oxygen atoms in total. The second kappa shape index (κ2) is 5.29. The van der Waals surface area contributed by atoms with E-state index in [1.165, 1.54) is 31.2 Å². The van der Waals surface area contributed by atoms with Crippen molar-refractivity contribution >= 4 is 0 Å². The third-order valence-corrected chi connectivity index (χ3v) is 3.14. The number of hydrogen-bond donors (Lipinski definition) is 0. The van der Waals surface area contributed by atoms with E-state index in [0.717, 1.165) is 0 Å². The average Bonchev–Trinajstić information content (AvgIpc) is 2.19. The first-order valence-corrected chi connectivity index (χ1v) is 5.88. The maximum absolute atomic E-state index is 12.8. The summed E-state index contributed by atoms with van der Waals surface area (Å²) in [7, 11) is 0. The van der Waals surface area contributed by atoms with E-state index in [9.17, 15) is 4.39 Å². The van der Waals surface area contributed by atoms with Crippen LogP contribution >= 0.6 is 0 Å². The minimum Gasteiger partial charge on any atom is -0.207 e. The Bertz CT molecular complexity index is 281. The Morgan fingerprint density at radius 2 is 1.47 bits per heavy atom. The largest absolute Gasteiger partial charge is 0.207 e. The molecular formula is C14H21F. The van der Waals surface area contributed by atoms with Crippen LogP contribution in [-0.4, -0.2) is 0 Å². The van der Waals surface area contributed by atoms with Gasteiger partial charge in [-0.05, 0) is 36.0 Å². The minimum absolute atomic E-state index is 0.144. The Labute approximate surface area is 92.5 Å². The van der Waals surface area contributed by atoms with Crippen molar-refractivity contribution in [1.29, 1.82) is 0 Å². The highest BCUT2D eigenvalue weighted by Gasteiger charge is 2.24. The predicted octanol–water partition coefficient (Wildman–Crippen LogP) is 4.68. The van der Waals surface area contributed by atoms with Crippen molar-refractivity contribution < 1.29 is 4.39 Å². The summed E-state index contributed by atoms with van der Waals surface area (Å²) in [5.41, 5.74) is 1.49. The number of hydrogen-bond acceptors (Lipinski definition) is 0. The van der Waals surface area contributed by atoms with Crippen LogP contribution in [0.5, 0.6) is 0 Å². The van der Waals surface area contributed by atoms with Crippen LogP contribution in [0.3, 0.4) is 0 Å². The molecule has 0 radical (unpaired) electrons. The lowest BCUT2D eigenvalue weighted by Crippen LogP contribution is -2.21. The molecule has 0 atom stereocenters. The molecule has 0 unspecified atom stereocenters. The highest BCUT2D eigenvalue weighted by Crippen LogP contribution is 2.33. The van der Waals surface area contributed by atoms with Gasteiger partial charge < -0.3 is 0 Å². The molecule has 0 N–H and O–H groups in total. The van der Waals surface area contributed by atoms with Crippen molar-refractivity contribution in [2.45, 2.75) is 51.9 Å². The maximum Gasteiger partial charge on any atom is 0.123 e. The maximum atomic E-state index is 12.8. The van der Waals surface area contributed by atoms with Crippen LogP contribution in [0.1, 0.15) is 52.0 Å². The molecule has 1 aromatic carbocycles. The van der Waals surface area contributed by atoms with Crippen LogP contribution in [0, 0.1) is 5.82 Å². The van der Waals surface area contributed by atoms with Gasteiger partial charge in [-0.15, -0.1) is 0 Å². The van der Waals surface area contributed by atoms with E-state index >= 15 is 0 Å². The van der Waals surface area contributed by atoms with Crippen LogP contribution in [0.4, 0.5) is 4.39 Å². The molecule has 0 amide bonds. The average molecular weight is 208 g/mol. The molecule has 84 valence electrons. The van der Waals surface area contributed by atoms with Gasteiger partial charge in [-0.3, -0.25) is 0 Å². The zero-order chi connectivity index (χ0) is 11.3. The van der Waals surface area contributed by atoms with Crippen molar-refractivity contribution in [3.8, 4) is 0 Å². The van der Waals surface area contributed by atoms with Crippen LogP contribution in [0.15, 0.2) is 24.3 Å². The van der Waals surface area contributed by atoms with Gasteiger partial charge in [0.2, 0.25) is 0 Å². The second-order valence-electron chi connectivity index (χ2n) is 4.57. The standard InChI is InChI=1S/C14H21F/c1-4-10-14(3,11-5-2)12-6-8-13(15)9-7-12/h6-9H,4-5,10-11H2,1-3H3. The van der Waals surface area contributed by atoms with Crippen molar-refractivity contribution in [2.24, 2.45) is 0 Å². The Balaban J connectivity index is 2.92. The lowest BCUT2D eigenvalue weighted by atomic mass is 9.75. The number of halogens is 1. The summed E-state index contributed by atoms with van der Waals surface area (Å²) in [6, 6.07) is 7.00. The highest BCUT2D eigenvalue weighted by atomic mass is 19.1. The van der Waals surface area contributed by atoms with Gasteiger partial charge in [-0.2, -0.15) is 0 Å². The van der Waals surface area contributed by atoms with E-state index in [1.807, 2.05) is 12.1 Å². The molecule has 1 heteroatoms. The topological polar surface area (TPSA) is 0 Å². The molecule has 0 saturated carbocycles. The van der Waals surface area contributed by atoms with E-state index < -0.39 is 0 Å². The van der Waals surface area contributed by atoms with Crippen molar-refractivity contribution in [2.75, 3.05) is 0 Å². The van der Waals surface area contributed by atoms with Crippen LogP contribution in [-0.2, 0) is 5.41 Å². The molecule has 0 aliphatic heterocycles. The lowest BCUT2D eigenvalue weighted by Gasteiger charge is -2.29. The van der Waals surface area contributed by atoms with Crippen LogP contribution in [0.2, 0.25) is 0 Å². The fourth-order valence-corrected chi connectivity index (χ4v) is 2.37. The Morgan fingerprint density at radius 3 is 1.87 bits per heavy atom. The summed E-state index contributed by atoms with van der Waals surface area (Å²) in [5.74, 6) is -0.144. The van der Waals surface area contributed by atoms with Crippen molar-refractivity contribution in [1.82, 2.24) is 0 Å². The fraction of sp³-hybridized carbons (Fsp3) is 0.571. The third-order valence-electron chi connectivity index (χ3n) is 3.14.